The van der Waals surface area contributed by atoms with Crippen LogP contribution in [0.15, 0.2) is 34.2 Å². The minimum absolute atomic E-state index is 0.0528. The van der Waals surface area contributed by atoms with Crippen molar-refractivity contribution in [3.63, 3.8) is 0 Å². The zero-order valence-corrected chi connectivity index (χ0v) is 25.2. The Bertz CT molecular complexity index is 1040. The second-order valence-electron chi connectivity index (χ2n) is 10.5. The number of para-hydroxylation sites is 1. The zero-order chi connectivity index (χ0) is 28.1. The van der Waals surface area contributed by atoms with E-state index in [0.717, 1.165) is 37.4 Å². The van der Waals surface area contributed by atoms with Crippen molar-refractivity contribution in [3.05, 3.63) is 34.6 Å². The molecule has 7 heteroatoms. The van der Waals surface area contributed by atoms with Gasteiger partial charge >= 0.3 is 5.97 Å². The van der Waals surface area contributed by atoms with Crippen molar-refractivity contribution in [2.75, 3.05) is 6.61 Å². The summed E-state index contributed by atoms with van der Waals surface area (Å²) in [6.07, 6.45) is 19.9. The Morgan fingerprint density at radius 1 is 0.769 bits per heavy atom. The van der Waals surface area contributed by atoms with Crippen LogP contribution in [0.25, 0.3) is 10.9 Å². The SMILES string of the molecule is CCCCCCCCCCCCCCCCOC(=O)CCC(=O)Sc1nc2ccccc2c(=O)n1CCCC. The molecule has 1 aromatic carbocycles. The number of ether oxygens (including phenoxy) is 1. The molecule has 0 aliphatic rings. The van der Waals surface area contributed by atoms with E-state index >= 15 is 0 Å². The lowest BCUT2D eigenvalue weighted by Crippen LogP contribution is -2.24. The van der Waals surface area contributed by atoms with Crippen molar-refractivity contribution in [1.29, 1.82) is 0 Å². The third-order valence-electron chi connectivity index (χ3n) is 7.06. The highest BCUT2D eigenvalue weighted by Gasteiger charge is 2.16. The lowest BCUT2D eigenvalue weighted by Gasteiger charge is -2.12. The standard InChI is InChI=1S/C32H50N2O4S/c1-3-5-7-8-9-10-11-12-13-14-15-16-17-20-26-38-29(35)23-24-30(36)39-32-33-28-22-19-18-21-27(28)31(37)34(32)25-6-4-2/h18-19,21-22H,3-17,20,23-26H2,1-2H3. The topological polar surface area (TPSA) is 78.3 Å². The average Bonchev–Trinajstić information content (AvgIpc) is 2.94. The predicted molar refractivity (Wildman–Crippen MR) is 162 cm³/mol. The number of carbonyl (C=O) groups excluding carboxylic acids is 2. The van der Waals surface area contributed by atoms with Gasteiger partial charge in [0, 0.05) is 13.0 Å². The van der Waals surface area contributed by atoms with Gasteiger partial charge in [-0.2, -0.15) is 0 Å². The summed E-state index contributed by atoms with van der Waals surface area (Å²) in [6, 6.07) is 7.19. The molecular formula is C32H50N2O4S. The van der Waals surface area contributed by atoms with Crippen LogP contribution in [0, 0.1) is 0 Å². The Hall–Kier alpha value is -2.15. The van der Waals surface area contributed by atoms with E-state index in [2.05, 4.69) is 18.8 Å². The van der Waals surface area contributed by atoms with E-state index in [1.54, 1.807) is 16.7 Å². The fraction of sp³-hybridized carbons (Fsp3) is 0.688. The van der Waals surface area contributed by atoms with Gasteiger partial charge in [0.15, 0.2) is 10.3 Å². The monoisotopic (exact) mass is 558 g/mol. The van der Waals surface area contributed by atoms with E-state index < -0.39 is 0 Å². The van der Waals surface area contributed by atoms with Crippen LogP contribution in [0.5, 0.6) is 0 Å². The van der Waals surface area contributed by atoms with E-state index in [4.69, 9.17) is 4.74 Å². The third-order valence-corrected chi connectivity index (χ3v) is 7.99. The number of hydrogen-bond donors (Lipinski definition) is 0. The molecule has 39 heavy (non-hydrogen) atoms. The molecule has 0 saturated carbocycles. The van der Waals surface area contributed by atoms with Crippen LogP contribution in [0.4, 0.5) is 0 Å². The van der Waals surface area contributed by atoms with Gasteiger partial charge in [-0.25, -0.2) is 4.98 Å². The summed E-state index contributed by atoms with van der Waals surface area (Å²) in [6.45, 7) is 5.26. The summed E-state index contributed by atoms with van der Waals surface area (Å²) in [5.41, 5.74) is 0.454. The van der Waals surface area contributed by atoms with Crippen molar-refractivity contribution < 1.29 is 14.3 Å². The lowest BCUT2D eigenvalue weighted by atomic mass is 10.0. The van der Waals surface area contributed by atoms with Crippen LogP contribution >= 0.6 is 11.8 Å². The molecule has 1 aromatic heterocycles. The first-order valence-corrected chi connectivity index (χ1v) is 16.2. The Morgan fingerprint density at radius 2 is 1.33 bits per heavy atom. The van der Waals surface area contributed by atoms with Crippen molar-refractivity contribution in [1.82, 2.24) is 9.55 Å². The van der Waals surface area contributed by atoms with E-state index in [1.807, 2.05) is 12.1 Å². The first-order chi connectivity index (χ1) is 19.1. The molecule has 218 valence electrons. The zero-order valence-electron chi connectivity index (χ0n) is 24.4. The number of unbranched alkanes of at least 4 members (excludes halogenated alkanes) is 14. The summed E-state index contributed by atoms with van der Waals surface area (Å²) in [7, 11) is 0. The lowest BCUT2D eigenvalue weighted by molar-refractivity contribution is -0.144. The maximum Gasteiger partial charge on any atom is 0.306 e. The molecule has 0 spiro atoms. The van der Waals surface area contributed by atoms with Crippen LogP contribution in [0.1, 0.15) is 129 Å². The van der Waals surface area contributed by atoms with Crippen molar-refractivity contribution in [3.8, 4) is 0 Å². The van der Waals surface area contributed by atoms with Gasteiger partial charge in [-0.05, 0) is 36.7 Å². The van der Waals surface area contributed by atoms with E-state index in [9.17, 15) is 14.4 Å². The predicted octanol–water partition coefficient (Wildman–Crippen LogP) is 8.62. The number of fused-ring (bicyclic) bond motifs is 1. The third kappa shape index (κ3) is 13.7. The van der Waals surface area contributed by atoms with Gasteiger partial charge in [-0.15, -0.1) is 0 Å². The number of nitrogens with zero attached hydrogens (tertiary/aromatic N) is 2. The Kier molecular flexibility index (Phi) is 17.6. The van der Waals surface area contributed by atoms with E-state index in [1.165, 1.54) is 77.0 Å². The number of rotatable bonds is 22. The Labute approximate surface area is 239 Å². The summed E-state index contributed by atoms with van der Waals surface area (Å²) in [5, 5.41) is 0.765. The fourth-order valence-corrected chi connectivity index (χ4v) is 5.49. The molecule has 0 unspecified atom stereocenters. The van der Waals surface area contributed by atoms with Crippen molar-refractivity contribution >= 4 is 33.7 Å². The maximum atomic E-state index is 12.9. The second kappa shape index (κ2) is 20.7. The molecule has 0 aliphatic carbocycles. The van der Waals surface area contributed by atoms with Gasteiger partial charge in [0.25, 0.3) is 5.56 Å². The number of hydrogen-bond acceptors (Lipinski definition) is 6. The first-order valence-electron chi connectivity index (χ1n) is 15.4. The number of esters is 1. The van der Waals surface area contributed by atoms with Crippen LogP contribution in [0.3, 0.4) is 0 Å². The van der Waals surface area contributed by atoms with Crippen LogP contribution in [-0.4, -0.2) is 27.2 Å². The number of thioether (sulfide) groups is 1. The summed E-state index contributed by atoms with van der Waals surface area (Å²) >= 11 is 0.946. The molecule has 0 bridgehead atoms. The van der Waals surface area contributed by atoms with Gasteiger partial charge in [0.05, 0.1) is 23.9 Å². The van der Waals surface area contributed by atoms with Gasteiger partial charge in [0.1, 0.15) is 0 Å². The minimum Gasteiger partial charge on any atom is -0.466 e. The van der Waals surface area contributed by atoms with Crippen molar-refractivity contribution in [2.45, 2.75) is 141 Å². The normalized spacial score (nSPS) is 11.2. The van der Waals surface area contributed by atoms with Crippen LogP contribution < -0.4 is 5.56 Å². The summed E-state index contributed by atoms with van der Waals surface area (Å²) in [5.74, 6) is -0.339. The number of aromatic nitrogens is 2. The maximum absolute atomic E-state index is 12.9. The second-order valence-corrected chi connectivity index (χ2v) is 11.5. The highest BCUT2D eigenvalue weighted by atomic mass is 32.2. The smallest absolute Gasteiger partial charge is 0.306 e. The molecule has 0 N–H and O–H groups in total. The Morgan fingerprint density at radius 3 is 1.95 bits per heavy atom. The van der Waals surface area contributed by atoms with Gasteiger partial charge in [-0.3, -0.25) is 19.0 Å². The molecule has 2 aromatic rings. The van der Waals surface area contributed by atoms with E-state index in [-0.39, 0.29) is 29.5 Å². The van der Waals surface area contributed by atoms with Gasteiger partial charge in [0.2, 0.25) is 0 Å². The van der Waals surface area contributed by atoms with Gasteiger partial charge in [-0.1, -0.05) is 116 Å². The largest absolute Gasteiger partial charge is 0.466 e. The molecule has 0 saturated heterocycles. The number of carbonyl (C=O) groups is 2. The molecule has 0 atom stereocenters. The van der Waals surface area contributed by atoms with Crippen LogP contribution in [-0.2, 0) is 20.9 Å². The van der Waals surface area contributed by atoms with Crippen molar-refractivity contribution in [2.24, 2.45) is 0 Å². The highest BCUT2D eigenvalue weighted by Crippen LogP contribution is 2.21. The summed E-state index contributed by atoms with van der Waals surface area (Å²) in [4.78, 5) is 42.2. The van der Waals surface area contributed by atoms with E-state index in [0.29, 0.717) is 29.2 Å². The fourth-order valence-electron chi connectivity index (χ4n) is 4.65. The first kappa shape index (κ1) is 33.1. The highest BCUT2D eigenvalue weighted by molar-refractivity contribution is 8.13. The molecular weight excluding hydrogens is 508 g/mol. The molecule has 1 heterocycles. The molecule has 2 rings (SSSR count). The average molecular weight is 559 g/mol. The molecule has 0 fully saturated rings. The molecule has 6 nitrogen and oxygen atoms in total. The molecule has 0 amide bonds. The van der Waals surface area contributed by atoms with Crippen LogP contribution in [0.2, 0.25) is 0 Å². The number of benzene rings is 1. The molecule has 0 aliphatic heterocycles. The quantitative estimate of drug-likeness (QED) is 0.0623. The molecule has 0 radical (unpaired) electrons. The summed E-state index contributed by atoms with van der Waals surface area (Å²) < 4.78 is 6.92. The minimum atomic E-state index is -0.339. The van der Waals surface area contributed by atoms with Gasteiger partial charge < -0.3 is 4.74 Å². The Balaban J connectivity index is 1.56.